The Labute approximate surface area is 146 Å². The molecule has 0 radical (unpaired) electrons. The van der Waals surface area contributed by atoms with Crippen molar-refractivity contribution < 1.29 is 45.0 Å². The minimum atomic E-state index is -1.94. The first-order valence-corrected chi connectivity index (χ1v) is 6.67. The molecule has 0 saturated carbocycles. The molecule has 25 heavy (non-hydrogen) atoms. The fraction of sp³-hybridized carbons (Fsp3) is 0.438. The average Bonchev–Trinajstić information content (AvgIpc) is 2.39. The summed E-state index contributed by atoms with van der Waals surface area (Å²) in [6.45, 7) is 16.2. The molecule has 6 N–H and O–H groups in total. The lowest BCUT2D eigenvalue weighted by Gasteiger charge is -2.17. The normalized spacial score (nSPS) is 10.1. The minimum absolute atomic E-state index is 0.176. The van der Waals surface area contributed by atoms with Crippen LogP contribution < -0.4 is 0 Å². The highest BCUT2D eigenvalue weighted by atomic mass is 16.5. The van der Waals surface area contributed by atoms with Gasteiger partial charge in [-0.15, -0.1) is 0 Å². The van der Waals surface area contributed by atoms with Gasteiger partial charge < -0.3 is 30.6 Å². The molecule has 0 aromatic carbocycles. The molecule has 0 aromatic rings. The predicted octanol–water partition coefficient (Wildman–Crippen LogP) is 1.01. The van der Waals surface area contributed by atoms with Crippen molar-refractivity contribution in [3.05, 3.63) is 36.5 Å². The van der Waals surface area contributed by atoms with Crippen LogP contribution in [0.4, 0.5) is 0 Å². The second-order valence-corrected chi connectivity index (χ2v) is 5.03. The quantitative estimate of drug-likeness (QED) is 0.314. The lowest BCUT2D eigenvalue weighted by molar-refractivity contribution is -0.205. The zero-order chi connectivity index (χ0) is 21.5. The van der Waals surface area contributed by atoms with Crippen molar-refractivity contribution in [3.8, 4) is 0 Å². The molecular weight excluding hydrogens is 336 g/mol. The summed E-state index contributed by atoms with van der Waals surface area (Å²) in [6.07, 6.45) is -1.09. The van der Waals surface area contributed by atoms with E-state index in [0.717, 1.165) is 6.92 Å². The molecule has 0 aliphatic carbocycles. The lowest BCUT2D eigenvalue weighted by atomic mass is 10.2. The van der Waals surface area contributed by atoms with E-state index in [4.69, 9.17) is 30.6 Å². The van der Waals surface area contributed by atoms with E-state index in [1.54, 1.807) is 0 Å². The Bertz CT molecular complexity index is 389. The molecule has 9 heteroatoms. The van der Waals surface area contributed by atoms with E-state index in [1.807, 2.05) is 0 Å². The Hall–Kier alpha value is -2.49. The van der Waals surface area contributed by atoms with Gasteiger partial charge in [-0.1, -0.05) is 19.7 Å². The van der Waals surface area contributed by atoms with Crippen molar-refractivity contribution in [2.24, 2.45) is 0 Å². The maximum atomic E-state index is 9.60. The van der Waals surface area contributed by atoms with E-state index in [1.165, 1.54) is 27.7 Å². The van der Waals surface area contributed by atoms with E-state index in [9.17, 15) is 14.4 Å². The number of carbonyl (C=O) groups is 3. The summed E-state index contributed by atoms with van der Waals surface area (Å²) in [6, 6.07) is 0. The van der Waals surface area contributed by atoms with Crippen LogP contribution in [-0.2, 0) is 14.4 Å². The van der Waals surface area contributed by atoms with Crippen LogP contribution >= 0.6 is 0 Å². The fourth-order valence-corrected chi connectivity index (χ4v) is 0. The Balaban J connectivity index is -0.000000118. The minimum Gasteiger partial charge on any atom is -0.478 e. The van der Waals surface area contributed by atoms with Crippen LogP contribution in [0.1, 0.15) is 34.6 Å². The molecular formula is C16H28O9. The molecule has 0 aliphatic heterocycles. The Kier molecular flexibility index (Phi) is 18.3. The number of rotatable bonds is 4. The van der Waals surface area contributed by atoms with Gasteiger partial charge in [0.25, 0.3) is 0 Å². The number of hydrogen-bond acceptors (Lipinski definition) is 6. The van der Waals surface area contributed by atoms with Crippen molar-refractivity contribution in [2.45, 2.75) is 46.5 Å². The summed E-state index contributed by atoms with van der Waals surface area (Å²) in [5.74, 6) is -4.75. The molecule has 0 rings (SSSR count). The summed E-state index contributed by atoms with van der Waals surface area (Å²) < 4.78 is 0. The first-order valence-electron chi connectivity index (χ1n) is 6.67. The first kappa shape index (κ1) is 30.4. The Morgan fingerprint density at radius 2 is 0.840 bits per heavy atom. The zero-order valence-corrected chi connectivity index (χ0v) is 15.1. The van der Waals surface area contributed by atoms with E-state index in [2.05, 4.69) is 19.7 Å². The van der Waals surface area contributed by atoms with E-state index < -0.39 is 29.8 Å². The summed E-state index contributed by atoms with van der Waals surface area (Å²) >= 11 is 0. The lowest BCUT2D eigenvalue weighted by Crippen LogP contribution is -2.36. The highest BCUT2D eigenvalue weighted by Gasteiger charge is 2.21. The van der Waals surface area contributed by atoms with Crippen molar-refractivity contribution >= 4 is 17.9 Å². The third-order valence-electron chi connectivity index (χ3n) is 1.89. The SMILES string of the molecule is C=C(C)C(=O)O.C=C(C)C(=O)O.C=C(C)C(=O)O.CC(O)C(C)(O)O. The van der Waals surface area contributed by atoms with Crippen LogP contribution in [0.3, 0.4) is 0 Å². The van der Waals surface area contributed by atoms with Crippen molar-refractivity contribution in [1.29, 1.82) is 0 Å². The van der Waals surface area contributed by atoms with Gasteiger partial charge in [-0.25, -0.2) is 14.4 Å². The largest absolute Gasteiger partial charge is 0.478 e. The maximum absolute atomic E-state index is 9.60. The van der Waals surface area contributed by atoms with Gasteiger partial charge in [0.2, 0.25) is 0 Å². The summed E-state index contributed by atoms with van der Waals surface area (Å²) in [4.78, 5) is 28.8. The highest BCUT2D eigenvalue weighted by molar-refractivity contribution is 5.85. The fourth-order valence-electron chi connectivity index (χ4n) is 0. The van der Waals surface area contributed by atoms with E-state index in [0.29, 0.717) is 0 Å². The zero-order valence-electron chi connectivity index (χ0n) is 15.1. The smallest absolute Gasteiger partial charge is 0.330 e. The number of aliphatic carboxylic acids is 3. The summed E-state index contributed by atoms with van der Waals surface area (Å²) in [5, 5.41) is 48.9. The third kappa shape index (κ3) is 34.0. The molecule has 1 unspecified atom stereocenters. The molecule has 0 aromatic heterocycles. The molecule has 0 aliphatic rings. The number of carboxylic acid groups (broad SMARTS) is 3. The molecule has 146 valence electrons. The van der Waals surface area contributed by atoms with Gasteiger partial charge >= 0.3 is 17.9 Å². The predicted molar refractivity (Wildman–Crippen MR) is 91.9 cm³/mol. The Morgan fingerprint density at radius 1 is 0.760 bits per heavy atom. The van der Waals surface area contributed by atoms with E-state index in [-0.39, 0.29) is 16.7 Å². The average molecular weight is 364 g/mol. The monoisotopic (exact) mass is 364 g/mol. The van der Waals surface area contributed by atoms with Crippen LogP contribution in [0.25, 0.3) is 0 Å². The molecule has 0 heterocycles. The molecule has 1 atom stereocenters. The van der Waals surface area contributed by atoms with Gasteiger partial charge in [-0.3, -0.25) is 0 Å². The maximum Gasteiger partial charge on any atom is 0.330 e. The van der Waals surface area contributed by atoms with Gasteiger partial charge in [0.15, 0.2) is 5.79 Å². The molecule has 0 bridgehead atoms. The third-order valence-corrected chi connectivity index (χ3v) is 1.89. The van der Waals surface area contributed by atoms with Crippen LogP contribution in [0, 0.1) is 0 Å². The van der Waals surface area contributed by atoms with Crippen molar-refractivity contribution in [3.63, 3.8) is 0 Å². The standard InChI is InChI=1S/C4H10O3.3C4H6O2/c1-3(5)4(2,6)7;3*1-3(2)4(5)6/h3,5-7H,1-2H3;3*1H2,2H3,(H,5,6). The van der Waals surface area contributed by atoms with Crippen LogP contribution in [0.15, 0.2) is 36.5 Å². The van der Waals surface area contributed by atoms with Crippen molar-refractivity contribution in [1.82, 2.24) is 0 Å². The van der Waals surface area contributed by atoms with Gasteiger partial charge in [0.05, 0.1) is 0 Å². The van der Waals surface area contributed by atoms with Gasteiger partial charge in [-0.05, 0) is 34.6 Å². The topological polar surface area (TPSA) is 173 Å². The second kappa shape index (κ2) is 15.1. The second-order valence-electron chi connectivity index (χ2n) is 5.03. The van der Waals surface area contributed by atoms with Gasteiger partial charge in [0.1, 0.15) is 6.10 Å². The number of aliphatic hydroxyl groups excluding tert-OH is 1. The highest BCUT2D eigenvalue weighted by Crippen LogP contribution is 2.01. The molecule has 0 fully saturated rings. The van der Waals surface area contributed by atoms with Crippen LogP contribution in [0.2, 0.25) is 0 Å². The van der Waals surface area contributed by atoms with Crippen LogP contribution in [-0.4, -0.2) is 60.4 Å². The number of aliphatic hydroxyl groups is 3. The number of hydrogen-bond donors (Lipinski definition) is 6. The van der Waals surface area contributed by atoms with Gasteiger partial charge in [0, 0.05) is 16.7 Å². The van der Waals surface area contributed by atoms with Crippen molar-refractivity contribution in [2.75, 3.05) is 0 Å². The Morgan fingerprint density at radius 3 is 0.840 bits per heavy atom. The van der Waals surface area contributed by atoms with Crippen LogP contribution in [0.5, 0.6) is 0 Å². The van der Waals surface area contributed by atoms with Gasteiger partial charge in [-0.2, -0.15) is 0 Å². The molecule has 0 spiro atoms. The molecule has 0 saturated heterocycles. The first-order chi connectivity index (χ1) is 10.9. The number of carboxylic acids is 3. The summed E-state index contributed by atoms with van der Waals surface area (Å²) in [5.41, 5.74) is 0.528. The molecule has 0 amide bonds. The molecule has 9 nitrogen and oxygen atoms in total. The summed E-state index contributed by atoms with van der Waals surface area (Å²) in [7, 11) is 0. The van der Waals surface area contributed by atoms with E-state index >= 15 is 0 Å².